The van der Waals surface area contributed by atoms with E-state index < -0.39 is 0 Å². The van der Waals surface area contributed by atoms with Gasteiger partial charge in [-0.2, -0.15) is 0 Å². The van der Waals surface area contributed by atoms with E-state index in [0.29, 0.717) is 28.8 Å². The molecule has 0 saturated heterocycles. The standard InChI is InChI=1S/2C14H20O/c2*1-9-11-4-5-12(15)14(11)7-6-10(8-14)13(9,2)3/h10H,4-8H2,1-3H3;10-11H,1,4-8H2,2-3H3/t;10-,11-,14-/m.1/s1. The van der Waals surface area contributed by atoms with E-state index in [1.54, 1.807) is 5.57 Å². The molecule has 6 aliphatic carbocycles. The normalized spacial score (nSPS) is 44.7. The van der Waals surface area contributed by atoms with Crippen molar-refractivity contribution in [2.24, 2.45) is 39.4 Å². The second kappa shape index (κ2) is 6.20. The Morgan fingerprint density at radius 3 is 2.20 bits per heavy atom. The van der Waals surface area contributed by atoms with Crippen LogP contribution in [0.25, 0.3) is 0 Å². The Hall–Kier alpha value is -1.18. The minimum absolute atomic E-state index is 0.0320. The molecule has 2 unspecified atom stereocenters. The summed E-state index contributed by atoms with van der Waals surface area (Å²) in [5.74, 6) is 3.08. The molecule has 0 aromatic rings. The number of hydrogen-bond donors (Lipinski definition) is 0. The third-order valence-electron chi connectivity index (χ3n) is 11.4. The van der Waals surface area contributed by atoms with Crippen molar-refractivity contribution in [2.75, 3.05) is 0 Å². The SMILES string of the molecule is C=C1[C@H]2CCC(=O)[C@@]23CC[C@H](C3)C1(C)C.CC1=C2CCC(=O)C23CCC(C3)C1(C)C. The summed E-state index contributed by atoms with van der Waals surface area (Å²) >= 11 is 0. The van der Waals surface area contributed by atoms with Gasteiger partial charge in [0.1, 0.15) is 11.6 Å². The summed E-state index contributed by atoms with van der Waals surface area (Å²) in [6, 6.07) is 0. The van der Waals surface area contributed by atoms with E-state index in [1.807, 2.05) is 0 Å². The Kier molecular flexibility index (Phi) is 4.28. The summed E-state index contributed by atoms with van der Waals surface area (Å²) < 4.78 is 0. The highest BCUT2D eigenvalue weighted by molar-refractivity contribution is 5.92. The van der Waals surface area contributed by atoms with Gasteiger partial charge in [0.25, 0.3) is 0 Å². The summed E-state index contributed by atoms with van der Waals surface area (Å²) in [6.45, 7) is 16.0. The lowest BCUT2D eigenvalue weighted by Gasteiger charge is -2.46. The molecule has 0 amide bonds. The molecule has 164 valence electrons. The minimum Gasteiger partial charge on any atom is -0.299 e. The first-order valence-electron chi connectivity index (χ1n) is 12.4. The smallest absolute Gasteiger partial charge is 0.143 e. The molecular weight excluding hydrogens is 368 g/mol. The van der Waals surface area contributed by atoms with Crippen LogP contribution >= 0.6 is 0 Å². The fourth-order valence-corrected chi connectivity index (χ4v) is 8.79. The van der Waals surface area contributed by atoms with Gasteiger partial charge >= 0.3 is 0 Å². The number of Topliss-reactive ketones (excluding diaryl/α,β-unsaturated/α-hetero) is 2. The molecule has 2 heteroatoms. The molecule has 0 N–H and O–H groups in total. The highest BCUT2D eigenvalue weighted by Crippen LogP contribution is 2.67. The first-order valence-corrected chi connectivity index (χ1v) is 12.4. The van der Waals surface area contributed by atoms with E-state index in [1.165, 1.54) is 24.0 Å². The van der Waals surface area contributed by atoms with Crippen LogP contribution in [-0.2, 0) is 9.59 Å². The van der Waals surface area contributed by atoms with Crippen LogP contribution in [0.15, 0.2) is 23.3 Å². The highest BCUT2D eigenvalue weighted by Gasteiger charge is 2.62. The lowest BCUT2D eigenvalue weighted by molar-refractivity contribution is -0.127. The van der Waals surface area contributed by atoms with E-state index >= 15 is 0 Å². The average Bonchev–Trinajstić information content (AvgIpc) is 3.44. The Labute approximate surface area is 183 Å². The minimum atomic E-state index is 0.0320. The van der Waals surface area contributed by atoms with Gasteiger partial charge in [-0.3, -0.25) is 9.59 Å². The molecule has 0 aromatic heterocycles. The number of allylic oxidation sites excluding steroid dienone is 3. The van der Waals surface area contributed by atoms with Crippen LogP contribution in [0.1, 0.15) is 98.8 Å². The molecule has 2 nitrogen and oxygen atoms in total. The van der Waals surface area contributed by atoms with Crippen molar-refractivity contribution in [3.63, 3.8) is 0 Å². The Morgan fingerprint density at radius 2 is 1.47 bits per heavy atom. The van der Waals surface area contributed by atoms with Crippen LogP contribution < -0.4 is 0 Å². The number of carbonyl (C=O) groups excluding carboxylic acids is 2. The zero-order chi connectivity index (χ0) is 21.7. The molecule has 6 aliphatic rings. The van der Waals surface area contributed by atoms with Gasteiger partial charge in [-0.25, -0.2) is 0 Å². The number of hydrogen-bond acceptors (Lipinski definition) is 2. The maximum atomic E-state index is 12.1. The van der Waals surface area contributed by atoms with Gasteiger partial charge in [0.2, 0.25) is 0 Å². The van der Waals surface area contributed by atoms with Crippen LogP contribution in [0.4, 0.5) is 0 Å². The molecule has 30 heavy (non-hydrogen) atoms. The molecule has 0 aromatic carbocycles. The van der Waals surface area contributed by atoms with Crippen molar-refractivity contribution in [2.45, 2.75) is 98.8 Å². The Bertz CT molecular complexity index is 871. The van der Waals surface area contributed by atoms with Crippen LogP contribution in [0, 0.1) is 39.4 Å². The van der Waals surface area contributed by atoms with Gasteiger partial charge in [0, 0.05) is 18.3 Å². The second-order valence-corrected chi connectivity index (χ2v) is 12.6. The largest absolute Gasteiger partial charge is 0.299 e. The predicted octanol–water partition coefficient (Wildman–Crippen LogP) is 6.84. The number of fused-ring (bicyclic) bond motifs is 2. The zero-order valence-corrected chi connectivity index (χ0v) is 19.8. The van der Waals surface area contributed by atoms with Crippen molar-refractivity contribution in [1.82, 2.24) is 0 Å². The van der Waals surface area contributed by atoms with Gasteiger partial charge in [-0.1, -0.05) is 51.0 Å². The van der Waals surface area contributed by atoms with Gasteiger partial charge in [0.15, 0.2) is 0 Å². The summed E-state index contributed by atoms with van der Waals surface area (Å²) in [4.78, 5) is 24.2. The van der Waals surface area contributed by atoms with Crippen LogP contribution in [0.5, 0.6) is 0 Å². The summed E-state index contributed by atoms with van der Waals surface area (Å²) in [5.41, 5.74) is 5.16. The maximum absolute atomic E-state index is 12.1. The van der Waals surface area contributed by atoms with E-state index in [2.05, 4.69) is 41.2 Å². The van der Waals surface area contributed by atoms with E-state index in [9.17, 15) is 9.59 Å². The molecule has 0 aliphatic heterocycles. The lowest BCUT2D eigenvalue weighted by atomic mass is 9.57. The quantitative estimate of drug-likeness (QED) is 0.411. The second-order valence-electron chi connectivity index (χ2n) is 12.6. The van der Waals surface area contributed by atoms with E-state index in [0.717, 1.165) is 57.3 Å². The maximum Gasteiger partial charge on any atom is 0.143 e. The van der Waals surface area contributed by atoms with Gasteiger partial charge in [-0.05, 0) is 86.9 Å². The Morgan fingerprint density at radius 1 is 0.800 bits per heavy atom. The number of carbonyl (C=O) groups is 2. The van der Waals surface area contributed by atoms with E-state index in [4.69, 9.17) is 0 Å². The van der Waals surface area contributed by atoms with Crippen molar-refractivity contribution in [3.8, 4) is 0 Å². The zero-order valence-electron chi connectivity index (χ0n) is 19.8. The summed E-state index contributed by atoms with van der Waals surface area (Å²) in [7, 11) is 0. The lowest BCUT2D eigenvalue weighted by Crippen LogP contribution is -2.41. The summed E-state index contributed by atoms with van der Waals surface area (Å²) in [6.07, 6.45) is 10.9. The molecule has 0 heterocycles. The topological polar surface area (TPSA) is 34.1 Å². The van der Waals surface area contributed by atoms with Gasteiger partial charge in [0.05, 0.1) is 5.41 Å². The molecular formula is C28H40O2. The molecule has 0 radical (unpaired) electrons. The first-order chi connectivity index (χ1) is 14.0. The third kappa shape index (κ3) is 2.37. The predicted molar refractivity (Wildman–Crippen MR) is 121 cm³/mol. The number of ketones is 2. The van der Waals surface area contributed by atoms with Crippen LogP contribution in [0.3, 0.4) is 0 Å². The molecule has 6 rings (SSSR count). The van der Waals surface area contributed by atoms with Gasteiger partial charge < -0.3 is 0 Å². The summed E-state index contributed by atoms with van der Waals surface area (Å²) in [5, 5.41) is 0. The fourth-order valence-electron chi connectivity index (χ4n) is 8.79. The molecule has 4 bridgehead atoms. The first kappa shape index (κ1) is 20.7. The van der Waals surface area contributed by atoms with Crippen molar-refractivity contribution in [3.05, 3.63) is 23.3 Å². The number of rotatable bonds is 0. The highest BCUT2D eigenvalue weighted by atomic mass is 16.1. The monoisotopic (exact) mass is 408 g/mol. The van der Waals surface area contributed by atoms with Crippen molar-refractivity contribution in [1.29, 1.82) is 0 Å². The molecule has 5 fully saturated rings. The van der Waals surface area contributed by atoms with E-state index in [-0.39, 0.29) is 16.2 Å². The van der Waals surface area contributed by atoms with Crippen LogP contribution in [0.2, 0.25) is 0 Å². The van der Waals surface area contributed by atoms with Crippen LogP contribution in [-0.4, -0.2) is 11.6 Å². The van der Waals surface area contributed by atoms with Crippen molar-refractivity contribution >= 4 is 11.6 Å². The Balaban J connectivity index is 0.000000128. The van der Waals surface area contributed by atoms with Gasteiger partial charge in [-0.15, -0.1) is 0 Å². The molecule has 2 spiro atoms. The third-order valence-corrected chi connectivity index (χ3v) is 11.4. The fraction of sp³-hybridized carbons (Fsp3) is 0.786. The average molecular weight is 409 g/mol. The molecule has 5 saturated carbocycles. The molecule has 5 atom stereocenters. The van der Waals surface area contributed by atoms with Crippen molar-refractivity contribution < 1.29 is 9.59 Å².